The fourth-order valence-corrected chi connectivity index (χ4v) is 1.69. The maximum absolute atomic E-state index is 11.6. The summed E-state index contributed by atoms with van der Waals surface area (Å²) in [6, 6.07) is 0. The van der Waals surface area contributed by atoms with E-state index in [4.69, 9.17) is 9.47 Å². The van der Waals surface area contributed by atoms with Gasteiger partial charge < -0.3 is 9.47 Å². The van der Waals surface area contributed by atoms with Gasteiger partial charge in [0.15, 0.2) is 4.86 Å². The molecule has 0 heterocycles. The van der Waals surface area contributed by atoms with Gasteiger partial charge in [-0.15, -0.1) is 0 Å². The van der Waals surface area contributed by atoms with Gasteiger partial charge in [0.05, 0.1) is 19.6 Å². The van der Waals surface area contributed by atoms with Crippen LogP contribution < -0.4 is 0 Å². The van der Waals surface area contributed by atoms with Crippen molar-refractivity contribution in [1.82, 2.24) is 0 Å². The van der Waals surface area contributed by atoms with E-state index < -0.39 is 33.5 Å². The summed E-state index contributed by atoms with van der Waals surface area (Å²) in [5.74, 6) is -1.02. The van der Waals surface area contributed by atoms with Crippen LogP contribution in [0.4, 0.5) is 0 Å². The maximum atomic E-state index is 11.6. The van der Waals surface area contributed by atoms with E-state index in [1.165, 1.54) is 0 Å². The first-order valence-corrected chi connectivity index (χ1v) is 8.09. The van der Waals surface area contributed by atoms with Gasteiger partial charge in [-0.3, -0.25) is 4.79 Å². The van der Waals surface area contributed by atoms with Gasteiger partial charge in [-0.1, -0.05) is 27.7 Å². The monoisotopic (exact) mass is 320 g/mol. The highest BCUT2D eigenvalue weighted by molar-refractivity contribution is 7.74. The number of ether oxygens (including phenoxy) is 2. The molecule has 0 amide bonds. The van der Waals surface area contributed by atoms with Crippen molar-refractivity contribution < 1.29 is 27.5 Å². The van der Waals surface area contributed by atoms with Crippen LogP contribution in [0, 0.1) is 11.8 Å². The molecule has 7 heteroatoms. The predicted octanol–water partition coefficient (Wildman–Crippen LogP) is 1.61. The summed E-state index contributed by atoms with van der Waals surface area (Å²) < 4.78 is 31.7. The zero-order valence-electron chi connectivity index (χ0n) is 13.0. The molecule has 0 bridgehead atoms. The van der Waals surface area contributed by atoms with Gasteiger partial charge >= 0.3 is 11.9 Å². The highest BCUT2D eigenvalue weighted by Crippen LogP contribution is 2.02. The lowest BCUT2D eigenvalue weighted by Gasteiger charge is -2.08. The van der Waals surface area contributed by atoms with E-state index in [-0.39, 0.29) is 13.2 Å². The highest BCUT2D eigenvalue weighted by atomic mass is 32.2. The zero-order chi connectivity index (χ0) is 16.4. The minimum absolute atomic E-state index is 0.125. The van der Waals surface area contributed by atoms with Crippen LogP contribution >= 0.6 is 0 Å². The third kappa shape index (κ3) is 10.1. The van der Waals surface area contributed by atoms with Gasteiger partial charge in [-0.2, -0.15) is 8.42 Å². The second-order valence-electron chi connectivity index (χ2n) is 5.56. The van der Waals surface area contributed by atoms with Crippen LogP contribution in [-0.2, 0) is 29.4 Å². The van der Waals surface area contributed by atoms with Gasteiger partial charge in [0.1, 0.15) is 0 Å². The third-order valence-corrected chi connectivity index (χ3v) is 3.33. The molecule has 0 aromatic carbocycles. The summed E-state index contributed by atoms with van der Waals surface area (Å²) in [6.07, 6.45) is 0.721. The molecule has 0 aromatic heterocycles. The molecule has 0 rings (SSSR count). The molecular weight excluding hydrogens is 296 g/mol. The lowest BCUT2D eigenvalue weighted by Crippen LogP contribution is -2.24. The molecule has 0 aliphatic rings. The van der Waals surface area contributed by atoms with Crippen molar-refractivity contribution in [2.24, 2.45) is 11.8 Å². The maximum Gasteiger partial charge on any atom is 0.350 e. The van der Waals surface area contributed by atoms with E-state index in [2.05, 4.69) is 0 Å². The van der Waals surface area contributed by atoms with E-state index >= 15 is 0 Å². The van der Waals surface area contributed by atoms with Crippen LogP contribution in [0.5, 0.6) is 0 Å². The number of carbonyl (C=O) groups excluding carboxylic acids is 2. The number of esters is 2. The first-order chi connectivity index (χ1) is 9.73. The Bertz CT molecular complexity index is 468. The largest absolute Gasteiger partial charge is 0.465 e. The Labute approximate surface area is 127 Å². The summed E-state index contributed by atoms with van der Waals surface area (Å²) in [6.45, 7) is 8.19. The quantitative estimate of drug-likeness (QED) is 0.474. The highest BCUT2D eigenvalue weighted by Gasteiger charge is 2.20. The Hall–Kier alpha value is -1.37. The molecule has 6 nitrogen and oxygen atoms in total. The first-order valence-electron chi connectivity index (χ1n) is 7.01. The van der Waals surface area contributed by atoms with Gasteiger partial charge in [0.25, 0.3) is 0 Å². The topological polar surface area (TPSA) is 86.7 Å². The average Bonchev–Trinajstić information content (AvgIpc) is 2.34. The predicted molar refractivity (Wildman–Crippen MR) is 79.4 cm³/mol. The van der Waals surface area contributed by atoms with Crippen LogP contribution in [0.1, 0.15) is 47.0 Å². The van der Waals surface area contributed by atoms with Gasteiger partial charge in [-0.25, -0.2) is 4.79 Å². The summed E-state index contributed by atoms with van der Waals surface area (Å²) >= 11 is 0. The molecule has 0 saturated heterocycles. The number of rotatable bonds is 9. The van der Waals surface area contributed by atoms with Gasteiger partial charge in [0, 0.05) is 0 Å². The number of hydrogen-bond acceptors (Lipinski definition) is 6. The minimum Gasteiger partial charge on any atom is -0.465 e. The van der Waals surface area contributed by atoms with Crippen molar-refractivity contribution in [3.63, 3.8) is 0 Å². The van der Waals surface area contributed by atoms with Gasteiger partial charge in [0.2, 0.25) is 10.3 Å². The lowest BCUT2D eigenvalue weighted by molar-refractivity contribution is -0.144. The molecule has 0 fully saturated rings. The van der Waals surface area contributed by atoms with Crippen molar-refractivity contribution in [3.8, 4) is 0 Å². The van der Waals surface area contributed by atoms with Crippen LogP contribution in [0.25, 0.3) is 0 Å². The van der Waals surface area contributed by atoms with Crippen molar-refractivity contribution in [2.45, 2.75) is 47.0 Å². The lowest BCUT2D eigenvalue weighted by atomic mass is 10.1. The Morgan fingerprint density at radius 1 is 0.905 bits per heavy atom. The molecule has 0 unspecified atom stereocenters. The molecule has 0 atom stereocenters. The molecule has 0 aromatic rings. The molecular formula is C14H24O6S. The Morgan fingerprint density at radius 3 is 1.81 bits per heavy atom. The van der Waals surface area contributed by atoms with E-state index in [0.29, 0.717) is 24.7 Å². The molecule has 0 saturated carbocycles. The van der Waals surface area contributed by atoms with Crippen LogP contribution in [0.3, 0.4) is 0 Å². The number of hydrogen-bond donors (Lipinski definition) is 0. The molecule has 0 aliphatic carbocycles. The Balaban J connectivity index is 4.41. The molecule has 0 N–H and O–H groups in total. The standard InChI is InChI=1S/C14H24O6S/c1-10(2)5-7-19-13(15)9-12(21(17)18)14(16)20-8-6-11(3)4/h10-11H,5-9H2,1-4H3. The molecule has 0 aliphatic heterocycles. The van der Waals surface area contributed by atoms with E-state index in [1.54, 1.807) is 0 Å². The second-order valence-corrected chi connectivity index (χ2v) is 6.52. The third-order valence-electron chi connectivity index (χ3n) is 2.62. The van der Waals surface area contributed by atoms with Crippen LogP contribution in [0.2, 0.25) is 0 Å². The first kappa shape index (κ1) is 19.6. The van der Waals surface area contributed by atoms with E-state index in [1.807, 2.05) is 27.7 Å². The van der Waals surface area contributed by atoms with Crippen molar-refractivity contribution in [1.29, 1.82) is 0 Å². The minimum atomic E-state index is -2.79. The molecule has 0 radical (unpaired) electrons. The van der Waals surface area contributed by atoms with Crippen molar-refractivity contribution >= 4 is 27.1 Å². The fraction of sp³-hybridized carbons (Fsp3) is 0.786. The fourth-order valence-electron chi connectivity index (χ4n) is 1.26. The van der Waals surface area contributed by atoms with Crippen molar-refractivity contribution in [2.75, 3.05) is 13.2 Å². The SMILES string of the molecule is CC(C)CCOC(=O)CC(C(=O)OCCC(C)C)=S(=O)=O. The summed E-state index contributed by atoms with van der Waals surface area (Å²) in [5.41, 5.74) is 0. The second kappa shape index (κ2) is 10.4. The summed E-state index contributed by atoms with van der Waals surface area (Å²) in [5, 5.41) is 0. The van der Waals surface area contributed by atoms with Crippen LogP contribution in [-0.4, -0.2) is 38.4 Å². The van der Waals surface area contributed by atoms with Crippen LogP contribution in [0.15, 0.2) is 0 Å². The van der Waals surface area contributed by atoms with E-state index in [0.717, 1.165) is 0 Å². The summed E-state index contributed by atoms with van der Waals surface area (Å²) in [7, 11) is -2.79. The van der Waals surface area contributed by atoms with Crippen molar-refractivity contribution in [3.05, 3.63) is 0 Å². The molecule has 122 valence electrons. The zero-order valence-corrected chi connectivity index (χ0v) is 13.9. The molecule has 0 spiro atoms. The normalized spacial score (nSPS) is 10.6. The Morgan fingerprint density at radius 2 is 1.38 bits per heavy atom. The average molecular weight is 320 g/mol. The van der Waals surface area contributed by atoms with Gasteiger partial charge in [-0.05, 0) is 24.7 Å². The van der Waals surface area contributed by atoms with E-state index in [9.17, 15) is 18.0 Å². The molecule has 21 heavy (non-hydrogen) atoms. The Kier molecular flexibility index (Phi) is 9.69. The summed E-state index contributed by atoms with van der Waals surface area (Å²) in [4.78, 5) is 22.5. The smallest absolute Gasteiger partial charge is 0.350 e. The number of carbonyl (C=O) groups is 2.